The Morgan fingerprint density at radius 2 is 1.61 bits per heavy atom. The Hall–Kier alpha value is -2.95. The number of fused-ring (bicyclic) bond motifs is 2. The lowest BCUT2D eigenvalue weighted by Crippen LogP contribution is -2.51. The summed E-state index contributed by atoms with van der Waals surface area (Å²) in [6.45, 7) is 3.71. The molecular weight excluding hydrogens is 356 g/mol. The molecule has 3 rings (SSSR count). The fraction of sp³-hybridized carbons (Fsp3) is 0.348. The summed E-state index contributed by atoms with van der Waals surface area (Å²) in [5, 5.41) is 0. The fourth-order valence-electron chi connectivity index (χ4n) is 4.54. The third-order valence-electron chi connectivity index (χ3n) is 5.84. The van der Waals surface area contributed by atoms with E-state index in [1.807, 2.05) is 42.5 Å². The van der Waals surface area contributed by atoms with E-state index < -0.39 is 23.3 Å². The van der Waals surface area contributed by atoms with Crippen LogP contribution in [0.5, 0.6) is 0 Å². The number of allylic oxidation sites excluding steroid dienone is 5. The number of ether oxygens (including phenoxy) is 2. The molecule has 0 heterocycles. The Labute approximate surface area is 164 Å². The van der Waals surface area contributed by atoms with Gasteiger partial charge in [0.05, 0.1) is 14.2 Å². The van der Waals surface area contributed by atoms with Crippen molar-refractivity contribution in [3.8, 4) is 0 Å². The molecular formula is C23H24O5. The van der Waals surface area contributed by atoms with Gasteiger partial charge in [-0.25, -0.2) is 0 Å². The highest BCUT2D eigenvalue weighted by molar-refractivity contribution is 6.02. The molecule has 146 valence electrons. The van der Waals surface area contributed by atoms with Crippen molar-refractivity contribution in [1.29, 1.82) is 0 Å². The summed E-state index contributed by atoms with van der Waals surface area (Å²) < 4.78 is 10.0. The van der Waals surface area contributed by atoms with Crippen LogP contribution >= 0.6 is 0 Å². The summed E-state index contributed by atoms with van der Waals surface area (Å²) in [5.74, 6) is -2.70. The number of esters is 2. The minimum atomic E-state index is -1.58. The van der Waals surface area contributed by atoms with E-state index in [0.29, 0.717) is 5.56 Å². The topological polar surface area (TPSA) is 69.7 Å². The largest absolute Gasteiger partial charge is 0.468 e. The van der Waals surface area contributed by atoms with Gasteiger partial charge >= 0.3 is 11.9 Å². The van der Waals surface area contributed by atoms with Crippen LogP contribution in [0, 0.1) is 29.1 Å². The van der Waals surface area contributed by atoms with Gasteiger partial charge in [-0.05, 0) is 12.3 Å². The van der Waals surface area contributed by atoms with E-state index in [0.717, 1.165) is 0 Å². The second-order valence-corrected chi connectivity index (χ2v) is 7.15. The number of hydrogen-bond acceptors (Lipinski definition) is 5. The van der Waals surface area contributed by atoms with Gasteiger partial charge in [-0.3, -0.25) is 14.4 Å². The van der Waals surface area contributed by atoms with Crippen LogP contribution in [0.4, 0.5) is 0 Å². The monoisotopic (exact) mass is 380 g/mol. The van der Waals surface area contributed by atoms with Gasteiger partial charge in [-0.1, -0.05) is 60.7 Å². The highest BCUT2D eigenvalue weighted by atomic mass is 16.5. The SMILES string of the molecule is C=CCC(C(=O)OC)(C(=O)OC)[C@H]1C=C[C@@H]2C=C[C@H]1C2C(=O)c1ccccc1. The Morgan fingerprint density at radius 1 is 1.00 bits per heavy atom. The average molecular weight is 380 g/mol. The maximum absolute atomic E-state index is 13.2. The lowest BCUT2D eigenvalue weighted by atomic mass is 9.60. The van der Waals surface area contributed by atoms with E-state index in [-0.39, 0.29) is 30.0 Å². The first-order valence-electron chi connectivity index (χ1n) is 9.25. The molecule has 0 radical (unpaired) electrons. The van der Waals surface area contributed by atoms with Gasteiger partial charge in [-0.15, -0.1) is 6.58 Å². The van der Waals surface area contributed by atoms with Crippen molar-refractivity contribution >= 4 is 17.7 Å². The molecule has 1 unspecified atom stereocenters. The summed E-state index contributed by atoms with van der Waals surface area (Å²) in [6.07, 6.45) is 9.23. The molecule has 5 heteroatoms. The molecule has 0 aromatic heterocycles. The lowest BCUT2D eigenvalue weighted by Gasteiger charge is -2.41. The normalized spacial score (nSPS) is 25.2. The molecule has 0 fully saturated rings. The van der Waals surface area contributed by atoms with Crippen molar-refractivity contribution < 1.29 is 23.9 Å². The molecule has 1 aromatic rings. The van der Waals surface area contributed by atoms with E-state index in [9.17, 15) is 14.4 Å². The van der Waals surface area contributed by atoms with Crippen LogP contribution in [-0.2, 0) is 19.1 Å². The predicted octanol–water partition coefficient (Wildman–Crippen LogP) is 3.38. The zero-order valence-corrected chi connectivity index (χ0v) is 16.0. The van der Waals surface area contributed by atoms with Crippen LogP contribution < -0.4 is 0 Å². The molecule has 0 saturated carbocycles. The Kier molecular flexibility index (Phi) is 5.63. The number of carbonyl (C=O) groups is 3. The van der Waals surface area contributed by atoms with Crippen molar-refractivity contribution in [2.45, 2.75) is 6.42 Å². The van der Waals surface area contributed by atoms with Gasteiger partial charge in [-0.2, -0.15) is 0 Å². The van der Waals surface area contributed by atoms with Crippen molar-refractivity contribution in [1.82, 2.24) is 0 Å². The standard InChI is InChI=1S/C23H24O5/c1-4-14-23(21(25)27-2,22(26)28-3)18-13-11-15-10-12-17(18)19(15)20(24)16-8-6-5-7-9-16/h4-13,15,17-19H,1,14H2,2-3H3/t15-,17+,18-,19?/m0/s1. The van der Waals surface area contributed by atoms with Crippen molar-refractivity contribution in [3.63, 3.8) is 0 Å². The smallest absolute Gasteiger partial charge is 0.324 e. The number of ketones is 1. The Bertz CT molecular complexity index is 820. The van der Waals surface area contributed by atoms with Crippen molar-refractivity contribution in [2.75, 3.05) is 14.2 Å². The summed E-state index contributed by atoms with van der Waals surface area (Å²) in [7, 11) is 2.49. The van der Waals surface area contributed by atoms with Crippen LogP contribution in [0.1, 0.15) is 16.8 Å². The molecule has 5 nitrogen and oxygen atoms in total. The molecule has 2 aliphatic rings. The number of hydrogen-bond donors (Lipinski definition) is 0. The zero-order valence-electron chi connectivity index (χ0n) is 16.0. The van der Waals surface area contributed by atoms with Crippen molar-refractivity contribution in [3.05, 3.63) is 72.9 Å². The Morgan fingerprint density at radius 3 is 2.18 bits per heavy atom. The third kappa shape index (κ3) is 3.01. The summed E-state index contributed by atoms with van der Waals surface area (Å²) in [4.78, 5) is 38.9. The molecule has 0 spiro atoms. The van der Waals surface area contributed by atoms with Crippen LogP contribution in [0.25, 0.3) is 0 Å². The number of Topliss-reactive ketones (excluding diaryl/α,β-unsaturated/α-hetero) is 1. The minimum Gasteiger partial charge on any atom is -0.468 e. The maximum Gasteiger partial charge on any atom is 0.324 e. The van der Waals surface area contributed by atoms with E-state index in [1.165, 1.54) is 20.3 Å². The number of methoxy groups -OCH3 is 2. The van der Waals surface area contributed by atoms with E-state index >= 15 is 0 Å². The second-order valence-electron chi connectivity index (χ2n) is 7.15. The zero-order chi connectivity index (χ0) is 20.3. The van der Waals surface area contributed by atoms with Crippen LogP contribution in [0.3, 0.4) is 0 Å². The quantitative estimate of drug-likeness (QED) is 0.314. The summed E-state index contributed by atoms with van der Waals surface area (Å²) in [6, 6.07) is 9.07. The maximum atomic E-state index is 13.2. The van der Waals surface area contributed by atoms with E-state index in [1.54, 1.807) is 12.1 Å². The number of carbonyl (C=O) groups excluding carboxylic acids is 3. The van der Waals surface area contributed by atoms with Gasteiger partial charge in [0.2, 0.25) is 0 Å². The van der Waals surface area contributed by atoms with Crippen molar-refractivity contribution in [2.24, 2.45) is 29.1 Å². The first kappa shape index (κ1) is 19.8. The summed E-state index contributed by atoms with van der Waals surface area (Å²) in [5.41, 5.74) is -0.966. The molecule has 1 aromatic carbocycles. The molecule has 4 atom stereocenters. The number of benzene rings is 1. The first-order valence-corrected chi connectivity index (χ1v) is 9.25. The molecule has 0 aliphatic heterocycles. The van der Waals surface area contributed by atoms with Crippen LogP contribution in [0.15, 0.2) is 67.3 Å². The third-order valence-corrected chi connectivity index (χ3v) is 5.84. The molecule has 0 saturated heterocycles. The van der Waals surface area contributed by atoms with Gasteiger partial charge in [0, 0.05) is 23.3 Å². The average Bonchev–Trinajstić information content (AvgIpc) is 3.03. The molecule has 0 N–H and O–H groups in total. The predicted molar refractivity (Wildman–Crippen MR) is 104 cm³/mol. The van der Waals surface area contributed by atoms with Gasteiger partial charge in [0.1, 0.15) is 0 Å². The van der Waals surface area contributed by atoms with Gasteiger partial charge in [0.15, 0.2) is 11.2 Å². The fourth-order valence-corrected chi connectivity index (χ4v) is 4.54. The first-order chi connectivity index (χ1) is 13.5. The highest BCUT2D eigenvalue weighted by Gasteiger charge is 2.58. The molecule has 0 amide bonds. The van der Waals surface area contributed by atoms with Crippen LogP contribution in [-0.4, -0.2) is 31.9 Å². The molecule has 2 aliphatic carbocycles. The van der Waals surface area contributed by atoms with E-state index in [4.69, 9.17) is 9.47 Å². The van der Waals surface area contributed by atoms with Gasteiger partial charge in [0.25, 0.3) is 0 Å². The van der Waals surface area contributed by atoms with E-state index in [2.05, 4.69) is 6.58 Å². The lowest BCUT2D eigenvalue weighted by molar-refractivity contribution is -0.174. The molecule has 2 bridgehead atoms. The number of rotatable bonds is 7. The minimum absolute atomic E-state index is 0.00261. The summed E-state index contributed by atoms with van der Waals surface area (Å²) >= 11 is 0. The second kappa shape index (κ2) is 7.97. The van der Waals surface area contributed by atoms with Gasteiger partial charge < -0.3 is 9.47 Å². The van der Waals surface area contributed by atoms with Crippen LogP contribution in [0.2, 0.25) is 0 Å². The molecule has 28 heavy (non-hydrogen) atoms. The highest BCUT2D eigenvalue weighted by Crippen LogP contribution is 2.51. The Balaban J connectivity index is 2.06.